The number of rotatable bonds is 5. The van der Waals surface area contributed by atoms with Crippen LogP contribution in [0.1, 0.15) is 12.5 Å². The van der Waals surface area contributed by atoms with Crippen LogP contribution in [0.4, 0.5) is 41.9 Å². The molecular weight excluding hydrogens is 371 g/mol. The zero-order valence-electron chi connectivity index (χ0n) is 14.7. The Morgan fingerprint density at radius 3 is 2.07 bits per heavy atom. The van der Waals surface area contributed by atoms with Gasteiger partial charge in [-0.15, -0.1) is 0 Å². The summed E-state index contributed by atoms with van der Waals surface area (Å²) in [7, 11) is 0. The van der Waals surface area contributed by atoms with E-state index < -0.39 is 11.7 Å². The Morgan fingerprint density at radius 2 is 1.46 bits per heavy atom. The molecule has 1 amide bonds. The molecular formula is C19H16F3N5O. The number of carbonyl (C=O) groups is 1. The second-order valence-electron chi connectivity index (χ2n) is 5.88. The Balaban J connectivity index is 1.71. The maximum Gasteiger partial charge on any atom is 0.416 e. The second kappa shape index (κ2) is 7.95. The van der Waals surface area contributed by atoms with E-state index in [0.29, 0.717) is 28.7 Å². The van der Waals surface area contributed by atoms with E-state index in [1.807, 2.05) is 0 Å². The van der Waals surface area contributed by atoms with Crippen molar-refractivity contribution in [3.8, 4) is 0 Å². The van der Waals surface area contributed by atoms with Gasteiger partial charge >= 0.3 is 6.18 Å². The normalized spacial score (nSPS) is 11.0. The van der Waals surface area contributed by atoms with Crippen LogP contribution in [0, 0.1) is 0 Å². The van der Waals surface area contributed by atoms with Crippen molar-refractivity contribution >= 4 is 34.6 Å². The first-order chi connectivity index (χ1) is 13.3. The van der Waals surface area contributed by atoms with E-state index in [2.05, 4.69) is 25.9 Å². The van der Waals surface area contributed by atoms with Gasteiger partial charge in [0.2, 0.25) is 5.91 Å². The van der Waals surface area contributed by atoms with E-state index in [1.54, 1.807) is 30.3 Å². The number of hydrogen-bond acceptors (Lipinski definition) is 5. The molecule has 0 unspecified atom stereocenters. The van der Waals surface area contributed by atoms with E-state index in [-0.39, 0.29) is 5.91 Å². The molecule has 0 aliphatic carbocycles. The Morgan fingerprint density at radius 1 is 0.857 bits per heavy atom. The minimum absolute atomic E-state index is 0.179. The summed E-state index contributed by atoms with van der Waals surface area (Å²) in [6.07, 6.45) is -3.05. The number of alkyl halides is 3. The van der Waals surface area contributed by atoms with Crippen LogP contribution in [-0.4, -0.2) is 15.9 Å². The predicted octanol–water partition coefficient (Wildman–Crippen LogP) is 4.94. The molecule has 6 nitrogen and oxygen atoms in total. The molecule has 0 saturated carbocycles. The third-order valence-electron chi connectivity index (χ3n) is 3.61. The molecule has 2 aromatic carbocycles. The third-order valence-corrected chi connectivity index (χ3v) is 3.61. The fourth-order valence-electron chi connectivity index (χ4n) is 2.41. The topological polar surface area (TPSA) is 78.9 Å². The van der Waals surface area contributed by atoms with Gasteiger partial charge in [0.15, 0.2) is 0 Å². The Labute approximate surface area is 158 Å². The zero-order chi connectivity index (χ0) is 20.1. The summed E-state index contributed by atoms with van der Waals surface area (Å²) in [5.41, 5.74) is 1.08. The van der Waals surface area contributed by atoms with Crippen molar-refractivity contribution in [1.29, 1.82) is 0 Å². The molecule has 144 valence electrons. The molecule has 3 rings (SSSR count). The minimum atomic E-state index is -4.38. The average molecular weight is 387 g/mol. The molecule has 0 aliphatic rings. The summed E-state index contributed by atoms with van der Waals surface area (Å²) in [5, 5.41) is 8.70. The van der Waals surface area contributed by atoms with Gasteiger partial charge in [-0.2, -0.15) is 13.2 Å². The number of aromatic nitrogens is 2. The van der Waals surface area contributed by atoms with Gasteiger partial charge in [-0.3, -0.25) is 4.79 Å². The maximum atomic E-state index is 12.6. The monoisotopic (exact) mass is 387 g/mol. The van der Waals surface area contributed by atoms with Crippen LogP contribution < -0.4 is 16.0 Å². The summed E-state index contributed by atoms with van der Waals surface area (Å²) in [6, 6.07) is 13.3. The van der Waals surface area contributed by atoms with Crippen LogP contribution >= 0.6 is 0 Å². The molecule has 0 atom stereocenters. The van der Waals surface area contributed by atoms with Crippen LogP contribution in [-0.2, 0) is 11.0 Å². The zero-order valence-corrected chi connectivity index (χ0v) is 14.7. The molecule has 28 heavy (non-hydrogen) atoms. The molecule has 0 aliphatic heterocycles. The Hall–Kier alpha value is -3.62. The van der Waals surface area contributed by atoms with Crippen molar-refractivity contribution in [3.05, 3.63) is 66.5 Å². The molecule has 0 saturated heterocycles. The van der Waals surface area contributed by atoms with Crippen molar-refractivity contribution in [3.63, 3.8) is 0 Å². The van der Waals surface area contributed by atoms with E-state index in [1.165, 1.54) is 25.4 Å². The smallest absolute Gasteiger partial charge is 0.340 e. The molecule has 3 aromatic rings. The lowest BCUT2D eigenvalue weighted by Gasteiger charge is -2.11. The Bertz CT molecular complexity index is 974. The van der Waals surface area contributed by atoms with Gasteiger partial charge in [0.05, 0.1) is 5.56 Å². The highest BCUT2D eigenvalue weighted by Gasteiger charge is 2.29. The van der Waals surface area contributed by atoms with Crippen molar-refractivity contribution in [2.75, 3.05) is 16.0 Å². The average Bonchev–Trinajstić information content (AvgIpc) is 2.61. The largest absolute Gasteiger partial charge is 0.416 e. The highest BCUT2D eigenvalue weighted by atomic mass is 19.4. The number of benzene rings is 2. The number of amides is 1. The summed E-state index contributed by atoms with van der Waals surface area (Å²) < 4.78 is 37.9. The van der Waals surface area contributed by atoms with Gasteiger partial charge in [-0.25, -0.2) is 9.97 Å². The Kier molecular flexibility index (Phi) is 5.44. The van der Waals surface area contributed by atoms with Gasteiger partial charge in [0.25, 0.3) is 0 Å². The number of nitrogens with one attached hydrogen (secondary N) is 3. The molecule has 1 heterocycles. The van der Waals surface area contributed by atoms with Crippen LogP contribution in [0.3, 0.4) is 0 Å². The van der Waals surface area contributed by atoms with Crippen molar-refractivity contribution < 1.29 is 18.0 Å². The van der Waals surface area contributed by atoms with Gasteiger partial charge < -0.3 is 16.0 Å². The van der Waals surface area contributed by atoms with E-state index in [9.17, 15) is 18.0 Å². The number of halogens is 3. The van der Waals surface area contributed by atoms with Crippen molar-refractivity contribution in [2.24, 2.45) is 0 Å². The quantitative estimate of drug-likeness (QED) is 0.578. The van der Waals surface area contributed by atoms with E-state index >= 15 is 0 Å². The van der Waals surface area contributed by atoms with Crippen LogP contribution in [0.25, 0.3) is 0 Å². The number of hydrogen-bond donors (Lipinski definition) is 3. The molecule has 9 heteroatoms. The second-order valence-corrected chi connectivity index (χ2v) is 5.88. The summed E-state index contributed by atoms with van der Waals surface area (Å²) in [5.74, 6) is 0.710. The highest BCUT2D eigenvalue weighted by molar-refractivity contribution is 5.89. The van der Waals surface area contributed by atoms with Crippen LogP contribution in [0.2, 0.25) is 0 Å². The SMILES string of the molecule is CC(=O)Nc1cccc(Nc2cc(Nc3ccc(C(F)(F)F)cc3)ncn2)c1. The number of carbonyl (C=O) groups excluding carboxylic acids is 1. The number of nitrogens with zero attached hydrogens (tertiary/aromatic N) is 2. The van der Waals surface area contributed by atoms with Gasteiger partial charge in [-0.05, 0) is 42.5 Å². The molecule has 0 fully saturated rings. The summed E-state index contributed by atoms with van der Waals surface area (Å²) in [4.78, 5) is 19.3. The van der Waals surface area contributed by atoms with E-state index in [4.69, 9.17) is 0 Å². The molecule has 0 bridgehead atoms. The molecule has 1 aromatic heterocycles. The summed E-state index contributed by atoms with van der Waals surface area (Å²) in [6.45, 7) is 1.42. The first kappa shape index (κ1) is 19.2. The number of anilines is 5. The predicted molar refractivity (Wildman–Crippen MR) is 101 cm³/mol. The molecule has 0 spiro atoms. The third kappa shape index (κ3) is 5.19. The fourth-order valence-corrected chi connectivity index (χ4v) is 2.41. The first-order valence-electron chi connectivity index (χ1n) is 8.20. The van der Waals surface area contributed by atoms with Crippen LogP contribution in [0.5, 0.6) is 0 Å². The standard InChI is InChI=1S/C19H16F3N5O/c1-12(28)25-15-3-2-4-16(9-15)27-18-10-17(23-11-24-18)26-14-7-5-13(6-8-14)19(20,21)22/h2-11H,1H3,(H,25,28)(H2,23,24,26,27). The van der Waals surface area contributed by atoms with Gasteiger partial charge in [-0.1, -0.05) is 6.07 Å². The van der Waals surface area contributed by atoms with Crippen LogP contribution in [0.15, 0.2) is 60.9 Å². The van der Waals surface area contributed by atoms with Crippen molar-refractivity contribution in [1.82, 2.24) is 9.97 Å². The van der Waals surface area contributed by atoms with Gasteiger partial charge in [0.1, 0.15) is 18.0 Å². The van der Waals surface area contributed by atoms with Gasteiger partial charge in [0, 0.05) is 30.1 Å². The van der Waals surface area contributed by atoms with E-state index in [0.717, 1.165) is 12.1 Å². The lowest BCUT2D eigenvalue weighted by molar-refractivity contribution is -0.137. The maximum absolute atomic E-state index is 12.6. The van der Waals surface area contributed by atoms with Crippen molar-refractivity contribution in [2.45, 2.75) is 13.1 Å². The first-order valence-corrected chi connectivity index (χ1v) is 8.20. The summed E-state index contributed by atoms with van der Waals surface area (Å²) >= 11 is 0. The lowest BCUT2D eigenvalue weighted by atomic mass is 10.2. The molecule has 0 radical (unpaired) electrons. The fraction of sp³-hybridized carbons (Fsp3) is 0.105. The molecule has 3 N–H and O–H groups in total. The lowest BCUT2D eigenvalue weighted by Crippen LogP contribution is -2.06. The minimum Gasteiger partial charge on any atom is -0.340 e. The highest BCUT2D eigenvalue weighted by Crippen LogP contribution is 2.30.